The van der Waals surface area contributed by atoms with Crippen molar-refractivity contribution in [2.45, 2.75) is 32.9 Å². The molecular formula is C26H27NO8. The monoisotopic (exact) mass is 481 g/mol. The summed E-state index contributed by atoms with van der Waals surface area (Å²) in [6, 6.07) is 9.29. The van der Waals surface area contributed by atoms with Crippen molar-refractivity contribution in [3.63, 3.8) is 0 Å². The first-order valence-electron chi connectivity index (χ1n) is 11.5. The average molecular weight is 482 g/mol. The van der Waals surface area contributed by atoms with E-state index in [9.17, 15) is 9.59 Å². The van der Waals surface area contributed by atoms with E-state index in [0.717, 1.165) is 39.1 Å². The third kappa shape index (κ3) is 4.96. The second kappa shape index (κ2) is 9.97. The van der Waals surface area contributed by atoms with Gasteiger partial charge in [0.05, 0.1) is 12.2 Å². The van der Waals surface area contributed by atoms with E-state index in [2.05, 4.69) is 4.90 Å². The Kier molecular flexibility index (Phi) is 6.61. The molecule has 0 saturated carbocycles. The highest BCUT2D eigenvalue weighted by Gasteiger charge is 2.26. The minimum atomic E-state index is -0.403. The molecule has 0 N–H and O–H groups in total. The molecule has 1 aromatic heterocycles. The van der Waals surface area contributed by atoms with E-state index >= 15 is 0 Å². The molecule has 9 heteroatoms. The molecule has 2 aromatic carbocycles. The largest absolute Gasteiger partial charge is 0.477 e. The molecule has 3 heterocycles. The summed E-state index contributed by atoms with van der Waals surface area (Å²) in [4.78, 5) is 26.5. The SMILES string of the molecule is COCCOC(=O)CCc1cc2c(C)cc(=O)oc2c2c1OCN(Cc1ccc3c(c1)OCO3)C2. The zero-order chi connectivity index (χ0) is 24.4. The lowest BCUT2D eigenvalue weighted by atomic mass is 9.97. The molecule has 0 atom stereocenters. The third-order valence-corrected chi connectivity index (χ3v) is 6.13. The van der Waals surface area contributed by atoms with Crippen LogP contribution in [0.25, 0.3) is 11.0 Å². The zero-order valence-corrected chi connectivity index (χ0v) is 19.8. The molecule has 184 valence electrons. The molecular weight excluding hydrogens is 454 g/mol. The van der Waals surface area contributed by atoms with Crippen molar-refractivity contribution in [2.24, 2.45) is 0 Å². The van der Waals surface area contributed by atoms with E-state index in [0.29, 0.717) is 44.2 Å². The number of hydrogen-bond donors (Lipinski definition) is 0. The summed E-state index contributed by atoms with van der Waals surface area (Å²) in [6.07, 6.45) is 0.659. The normalized spacial score (nSPS) is 14.6. The van der Waals surface area contributed by atoms with E-state index in [4.69, 9.17) is 28.1 Å². The molecule has 0 spiro atoms. The van der Waals surface area contributed by atoms with Crippen molar-refractivity contribution in [1.29, 1.82) is 0 Å². The predicted molar refractivity (Wildman–Crippen MR) is 126 cm³/mol. The van der Waals surface area contributed by atoms with Gasteiger partial charge in [-0.3, -0.25) is 9.69 Å². The van der Waals surface area contributed by atoms with Crippen molar-refractivity contribution in [1.82, 2.24) is 4.90 Å². The molecule has 2 aliphatic rings. The number of aryl methyl sites for hydroxylation is 2. The van der Waals surface area contributed by atoms with E-state index < -0.39 is 5.63 Å². The van der Waals surface area contributed by atoms with Crippen LogP contribution in [0.4, 0.5) is 0 Å². The number of ether oxygens (including phenoxy) is 5. The van der Waals surface area contributed by atoms with Crippen LogP contribution in [0.15, 0.2) is 39.5 Å². The number of rotatable bonds is 8. The predicted octanol–water partition coefficient (Wildman–Crippen LogP) is 3.30. The van der Waals surface area contributed by atoms with Crippen LogP contribution in [0.3, 0.4) is 0 Å². The fourth-order valence-electron chi connectivity index (χ4n) is 4.44. The van der Waals surface area contributed by atoms with Crippen molar-refractivity contribution in [3.8, 4) is 17.2 Å². The number of methoxy groups -OCH3 is 1. The zero-order valence-electron chi connectivity index (χ0n) is 19.8. The Hall–Kier alpha value is -3.56. The highest BCUT2D eigenvalue weighted by atomic mass is 16.7. The summed E-state index contributed by atoms with van der Waals surface area (Å²) in [6.45, 7) is 4.18. The van der Waals surface area contributed by atoms with Gasteiger partial charge in [0, 0.05) is 38.1 Å². The van der Waals surface area contributed by atoms with Gasteiger partial charge in [0.1, 0.15) is 24.7 Å². The minimum absolute atomic E-state index is 0.210. The lowest BCUT2D eigenvalue weighted by molar-refractivity contribution is -0.144. The average Bonchev–Trinajstić information content (AvgIpc) is 3.31. The fourth-order valence-corrected chi connectivity index (χ4v) is 4.44. The van der Waals surface area contributed by atoms with Crippen LogP contribution in [0.5, 0.6) is 17.2 Å². The van der Waals surface area contributed by atoms with E-state index in [-0.39, 0.29) is 25.8 Å². The third-order valence-electron chi connectivity index (χ3n) is 6.13. The molecule has 3 aromatic rings. The molecule has 35 heavy (non-hydrogen) atoms. The second-order valence-electron chi connectivity index (χ2n) is 8.63. The van der Waals surface area contributed by atoms with Gasteiger partial charge in [0.25, 0.3) is 0 Å². The molecule has 0 aliphatic carbocycles. The van der Waals surface area contributed by atoms with Crippen LogP contribution in [-0.4, -0.2) is 44.7 Å². The van der Waals surface area contributed by atoms with Crippen LogP contribution in [0.1, 0.15) is 28.7 Å². The lowest BCUT2D eigenvalue weighted by Gasteiger charge is -2.31. The van der Waals surface area contributed by atoms with Gasteiger partial charge in [-0.2, -0.15) is 0 Å². The van der Waals surface area contributed by atoms with Gasteiger partial charge in [0.2, 0.25) is 6.79 Å². The Morgan fingerprint density at radius 2 is 1.94 bits per heavy atom. The highest BCUT2D eigenvalue weighted by Crippen LogP contribution is 2.38. The Morgan fingerprint density at radius 3 is 2.80 bits per heavy atom. The standard InChI is InChI=1S/C26H27NO8/c1-16-9-24(29)35-26-19(16)11-18(4-6-23(28)31-8-7-30-2)25-20(26)13-27(14-32-25)12-17-3-5-21-22(10-17)34-15-33-21/h3,5,9-11H,4,6-8,12-15H2,1-2H3. The maximum Gasteiger partial charge on any atom is 0.336 e. The number of carbonyl (C=O) groups excluding carboxylic acids is 1. The molecule has 0 fully saturated rings. The lowest BCUT2D eigenvalue weighted by Crippen LogP contribution is -2.32. The van der Waals surface area contributed by atoms with Gasteiger partial charge in [0.15, 0.2) is 11.5 Å². The van der Waals surface area contributed by atoms with Gasteiger partial charge < -0.3 is 28.1 Å². The van der Waals surface area contributed by atoms with E-state index in [1.807, 2.05) is 31.2 Å². The first kappa shape index (κ1) is 23.2. The second-order valence-corrected chi connectivity index (χ2v) is 8.63. The van der Waals surface area contributed by atoms with Crippen molar-refractivity contribution in [3.05, 3.63) is 63.0 Å². The quantitative estimate of drug-likeness (QED) is 0.273. The maximum atomic E-state index is 12.2. The van der Waals surface area contributed by atoms with Crippen molar-refractivity contribution in [2.75, 3.05) is 33.8 Å². The molecule has 0 saturated heterocycles. The number of esters is 1. The van der Waals surface area contributed by atoms with E-state index in [1.165, 1.54) is 6.07 Å². The summed E-state index contributed by atoms with van der Waals surface area (Å²) >= 11 is 0. The van der Waals surface area contributed by atoms with Gasteiger partial charge >= 0.3 is 11.6 Å². The topological polar surface area (TPSA) is 96.7 Å². The smallest absolute Gasteiger partial charge is 0.336 e. The Balaban J connectivity index is 1.41. The number of fused-ring (bicyclic) bond motifs is 4. The first-order valence-corrected chi connectivity index (χ1v) is 11.5. The number of benzene rings is 2. The van der Waals surface area contributed by atoms with Crippen molar-refractivity contribution < 1.29 is 32.9 Å². The molecule has 9 nitrogen and oxygen atoms in total. The Bertz CT molecular complexity index is 1310. The number of nitrogens with zero attached hydrogens (tertiary/aromatic N) is 1. The highest BCUT2D eigenvalue weighted by molar-refractivity contribution is 5.86. The van der Waals surface area contributed by atoms with Crippen LogP contribution in [0.2, 0.25) is 0 Å². The van der Waals surface area contributed by atoms with Gasteiger partial charge in [-0.15, -0.1) is 0 Å². The summed E-state index contributed by atoms with van der Waals surface area (Å²) in [5.41, 5.74) is 3.68. The van der Waals surface area contributed by atoms with Crippen LogP contribution >= 0.6 is 0 Å². The Morgan fingerprint density at radius 1 is 1.09 bits per heavy atom. The molecule has 0 radical (unpaired) electrons. The van der Waals surface area contributed by atoms with Gasteiger partial charge in [-0.25, -0.2) is 4.79 Å². The molecule has 0 amide bonds. The molecule has 0 bridgehead atoms. The fraction of sp³-hybridized carbons (Fsp3) is 0.385. The van der Waals surface area contributed by atoms with Crippen LogP contribution < -0.4 is 19.8 Å². The van der Waals surface area contributed by atoms with Crippen LogP contribution in [0, 0.1) is 6.92 Å². The van der Waals surface area contributed by atoms with Gasteiger partial charge in [-0.05, 0) is 48.2 Å². The van der Waals surface area contributed by atoms with E-state index in [1.54, 1.807) is 7.11 Å². The Labute approximate surface area is 202 Å². The number of hydrogen-bond acceptors (Lipinski definition) is 9. The summed E-state index contributed by atoms with van der Waals surface area (Å²) in [7, 11) is 1.56. The van der Waals surface area contributed by atoms with Gasteiger partial charge in [-0.1, -0.05) is 6.07 Å². The minimum Gasteiger partial charge on any atom is -0.477 e. The summed E-state index contributed by atoms with van der Waals surface area (Å²) in [5, 5.41) is 0.833. The van der Waals surface area contributed by atoms with Crippen LogP contribution in [-0.2, 0) is 33.8 Å². The summed E-state index contributed by atoms with van der Waals surface area (Å²) < 4.78 is 32.8. The number of carbonyl (C=O) groups is 1. The first-order chi connectivity index (χ1) is 17.0. The maximum absolute atomic E-state index is 12.2. The van der Waals surface area contributed by atoms with Crippen molar-refractivity contribution >= 4 is 16.9 Å². The summed E-state index contributed by atoms with van der Waals surface area (Å²) in [5.74, 6) is 1.83. The molecule has 2 aliphatic heterocycles. The molecule has 0 unspecified atom stereocenters. The molecule has 5 rings (SSSR count).